The molecule has 0 saturated heterocycles. The summed E-state index contributed by atoms with van der Waals surface area (Å²) in [7, 11) is 1.40. The van der Waals surface area contributed by atoms with E-state index in [1.807, 2.05) is 17.9 Å². The largest absolute Gasteiger partial charge is 0.469 e. The lowest BCUT2D eigenvalue weighted by Gasteiger charge is -2.21. The highest BCUT2D eigenvalue weighted by atomic mass is 16.5. The van der Waals surface area contributed by atoms with Gasteiger partial charge in [-0.05, 0) is 12.8 Å². The van der Waals surface area contributed by atoms with Crippen molar-refractivity contribution in [3.05, 3.63) is 18.1 Å². The highest BCUT2D eigenvalue weighted by Crippen LogP contribution is 2.17. The van der Waals surface area contributed by atoms with Gasteiger partial charge in [0.2, 0.25) is 0 Å². The van der Waals surface area contributed by atoms with Crippen LogP contribution in [0.25, 0.3) is 0 Å². The van der Waals surface area contributed by atoms with Gasteiger partial charge < -0.3 is 9.64 Å². The summed E-state index contributed by atoms with van der Waals surface area (Å²) in [6.07, 6.45) is 1.94. The van der Waals surface area contributed by atoms with E-state index >= 15 is 0 Å². The molecule has 0 aromatic carbocycles. The van der Waals surface area contributed by atoms with Crippen molar-refractivity contribution in [1.29, 1.82) is 0 Å². The lowest BCUT2D eigenvalue weighted by atomic mass is 10.1. The Balaban J connectivity index is 2.75. The van der Waals surface area contributed by atoms with Gasteiger partial charge in [0.1, 0.15) is 12.1 Å². The van der Waals surface area contributed by atoms with E-state index in [9.17, 15) is 4.79 Å². The molecule has 1 heterocycles. The summed E-state index contributed by atoms with van der Waals surface area (Å²) < 4.78 is 4.64. The summed E-state index contributed by atoms with van der Waals surface area (Å²) in [4.78, 5) is 21.7. The molecule has 0 unspecified atom stereocenters. The van der Waals surface area contributed by atoms with Gasteiger partial charge in [-0.25, -0.2) is 9.97 Å². The predicted molar refractivity (Wildman–Crippen MR) is 70.6 cm³/mol. The number of ether oxygens (including phenoxy) is 1. The van der Waals surface area contributed by atoms with Crippen molar-refractivity contribution in [2.24, 2.45) is 0 Å². The molecule has 0 radical (unpaired) electrons. The second-order valence-electron chi connectivity index (χ2n) is 4.36. The van der Waals surface area contributed by atoms with Gasteiger partial charge in [0, 0.05) is 24.8 Å². The molecule has 5 nitrogen and oxygen atoms in total. The number of nitrogens with zero attached hydrogens (tertiary/aromatic N) is 3. The fraction of sp³-hybridized carbons (Fsp3) is 0.615. The van der Waals surface area contributed by atoms with E-state index in [1.165, 1.54) is 7.11 Å². The van der Waals surface area contributed by atoms with Crippen LogP contribution in [-0.2, 0) is 9.53 Å². The van der Waals surface area contributed by atoms with Crippen LogP contribution in [0.4, 0.5) is 5.82 Å². The van der Waals surface area contributed by atoms with Gasteiger partial charge in [0.25, 0.3) is 0 Å². The first-order valence-corrected chi connectivity index (χ1v) is 6.22. The first kappa shape index (κ1) is 14.4. The minimum absolute atomic E-state index is 0.202. The van der Waals surface area contributed by atoms with Crippen LogP contribution in [0.3, 0.4) is 0 Å². The number of anilines is 1. The van der Waals surface area contributed by atoms with E-state index in [2.05, 4.69) is 28.6 Å². The highest BCUT2D eigenvalue weighted by molar-refractivity contribution is 5.69. The van der Waals surface area contributed by atoms with Crippen LogP contribution < -0.4 is 4.90 Å². The SMILES string of the molecule is CCN(CCC(=O)OC)c1cc(C(C)C)ncn1. The molecule has 0 saturated carbocycles. The normalized spacial score (nSPS) is 10.5. The lowest BCUT2D eigenvalue weighted by molar-refractivity contribution is -0.140. The predicted octanol–water partition coefficient (Wildman–Crippen LogP) is 1.99. The quantitative estimate of drug-likeness (QED) is 0.724. The molecule has 0 fully saturated rings. The zero-order valence-electron chi connectivity index (χ0n) is 11.5. The maximum Gasteiger partial charge on any atom is 0.307 e. The molecular weight excluding hydrogens is 230 g/mol. The number of carbonyl (C=O) groups is 1. The van der Waals surface area contributed by atoms with Crippen molar-refractivity contribution in [2.45, 2.75) is 33.1 Å². The maximum absolute atomic E-state index is 11.2. The summed E-state index contributed by atoms with van der Waals surface area (Å²) in [5.74, 6) is 1.03. The summed E-state index contributed by atoms with van der Waals surface area (Å²) in [5, 5.41) is 0. The Bertz CT molecular complexity index is 394. The fourth-order valence-electron chi connectivity index (χ4n) is 1.61. The van der Waals surface area contributed by atoms with Crippen molar-refractivity contribution in [3.63, 3.8) is 0 Å². The van der Waals surface area contributed by atoms with Crippen molar-refractivity contribution < 1.29 is 9.53 Å². The van der Waals surface area contributed by atoms with Gasteiger partial charge in [-0.3, -0.25) is 4.79 Å². The van der Waals surface area contributed by atoms with Crippen LogP contribution in [0.15, 0.2) is 12.4 Å². The smallest absolute Gasteiger partial charge is 0.307 e. The molecule has 1 aromatic rings. The van der Waals surface area contributed by atoms with Gasteiger partial charge in [-0.1, -0.05) is 13.8 Å². The summed E-state index contributed by atoms with van der Waals surface area (Å²) in [5.41, 5.74) is 1.01. The fourth-order valence-corrected chi connectivity index (χ4v) is 1.61. The van der Waals surface area contributed by atoms with Crippen molar-refractivity contribution in [3.8, 4) is 0 Å². The third-order valence-electron chi connectivity index (χ3n) is 2.78. The molecule has 0 aliphatic carbocycles. The topological polar surface area (TPSA) is 55.3 Å². The highest BCUT2D eigenvalue weighted by Gasteiger charge is 2.11. The van der Waals surface area contributed by atoms with Crippen molar-refractivity contribution in [2.75, 3.05) is 25.1 Å². The zero-order chi connectivity index (χ0) is 13.5. The number of methoxy groups -OCH3 is 1. The summed E-state index contributed by atoms with van der Waals surface area (Å²) in [6, 6.07) is 1.98. The van der Waals surface area contributed by atoms with E-state index in [4.69, 9.17) is 0 Å². The Labute approximate surface area is 108 Å². The number of hydrogen-bond donors (Lipinski definition) is 0. The molecule has 0 bridgehead atoms. The molecule has 0 spiro atoms. The number of aromatic nitrogens is 2. The Hall–Kier alpha value is -1.65. The minimum atomic E-state index is -0.202. The average Bonchev–Trinajstić information content (AvgIpc) is 2.39. The van der Waals surface area contributed by atoms with Crippen LogP contribution >= 0.6 is 0 Å². The average molecular weight is 251 g/mol. The second-order valence-corrected chi connectivity index (χ2v) is 4.36. The van der Waals surface area contributed by atoms with Crippen molar-refractivity contribution >= 4 is 11.8 Å². The number of rotatable bonds is 6. The Kier molecular flexibility index (Phi) is 5.55. The van der Waals surface area contributed by atoms with Gasteiger partial charge >= 0.3 is 5.97 Å². The van der Waals surface area contributed by atoms with Crippen molar-refractivity contribution in [1.82, 2.24) is 9.97 Å². The van der Waals surface area contributed by atoms with E-state index in [1.54, 1.807) is 6.33 Å². The molecule has 0 N–H and O–H groups in total. The molecule has 18 heavy (non-hydrogen) atoms. The van der Waals surface area contributed by atoms with E-state index in [-0.39, 0.29) is 5.97 Å². The summed E-state index contributed by atoms with van der Waals surface area (Å²) in [6.45, 7) is 7.63. The molecule has 0 atom stereocenters. The number of carbonyl (C=O) groups excluding carboxylic acids is 1. The third kappa shape index (κ3) is 3.98. The second kappa shape index (κ2) is 6.93. The van der Waals surface area contributed by atoms with E-state index in [0.29, 0.717) is 18.9 Å². The number of esters is 1. The lowest BCUT2D eigenvalue weighted by Crippen LogP contribution is -2.27. The molecule has 1 aromatic heterocycles. The molecule has 100 valence electrons. The maximum atomic E-state index is 11.2. The molecule has 0 amide bonds. The van der Waals surface area contributed by atoms with Crippen LogP contribution in [0, 0.1) is 0 Å². The zero-order valence-corrected chi connectivity index (χ0v) is 11.5. The molecule has 5 heteroatoms. The molecule has 1 rings (SSSR count). The Morgan fingerprint density at radius 3 is 2.72 bits per heavy atom. The van der Waals surface area contributed by atoms with Gasteiger partial charge in [0.15, 0.2) is 0 Å². The van der Waals surface area contributed by atoms with Gasteiger partial charge in [0.05, 0.1) is 13.5 Å². The molecule has 0 aliphatic heterocycles. The first-order chi connectivity index (χ1) is 8.58. The van der Waals surface area contributed by atoms with Crippen LogP contribution in [0.2, 0.25) is 0 Å². The third-order valence-corrected chi connectivity index (χ3v) is 2.78. The minimum Gasteiger partial charge on any atom is -0.469 e. The van der Waals surface area contributed by atoms with E-state index < -0.39 is 0 Å². The van der Waals surface area contributed by atoms with Crippen LogP contribution in [0.1, 0.15) is 38.8 Å². The van der Waals surface area contributed by atoms with Crippen LogP contribution in [-0.4, -0.2) is 36.1 Å². The van der Waals surface area contributed by atoms with E-state index in [0.717, 1.165) is 18.1 Å². The number of hydrogen-bond acceptors (Lipinski definition) is 5. The Morgan fingerprint density at radius 1 is 1.44 bits per heavy atom. The first-order valence-electron chi connectivity index (χ1n) is 6.22. The molecule has 0 aliphatic rings. The Morgan fingerprint density at radius 2 is 2.17 bits per heavy atom. The van der Waals surface area contributed by atoms with Crippen LogP contribution in [0.5, 0.6) is 0 Å². The summed E-state index contributed by atoms with van der Waals surface area (Å²) >= 11 is 0. The van der Waals surface area contributed by atoms with Gasteiger partial charge in [-0.2, -0.15) is 0 Å². The van der Waals surface area contributed by atoms with Gasteiger partial charge in [-0.15, -0.1) is 0 Å². The monoisotopic (exact) mass is 251 g/mol. The molecular formula is C13H21N3O2. The standard InChI is InChI=1S/C13H21N3O2/c1-5-16(7-6-13(17)18-4)12-8-11(10(2)3)14-9-15-12/h8-10H,5-7H2,1-4H3.